The molecule has 1 aliphatic rings. The first kappa shape index (κ1) is 16.2. The molecule has 0 atom stereocenters. The van der Waals surface area contributed by atoms with Crippen LogP contribution in [0.5, 0.6) is 0 Å². The second-order valence-electron chi connectivity index (χ2n) is 6.09. The van der Waals surface area contributed by atoms with E-state index in [9.17, 15) is 9.59 Å². The fourth-order valence-corrected chi connectivity index (χ4v) is 3.09. The fourth-order valence-electron chi connectivity index (χ4n) is 3.09. The second kappa shape index (κ2) is 7.30. The molecular weight excluding hydrogens is 300 g/mol. The van der Waals surface area contributed by atoms with Crippen molar-refractivity contribution in [1.82, 2.24) is 0 Å². The van der Waals surface area contributed by atoms with Crippen molar-refractivity contribution in [2.75, 3.05) is 23.3 Å². The van der Waals surface area contributed by atoms with Crippen LogP contribution < -0.4 is 10.2 Å². The third-order valence-electron chi connectivity index (χ3n) is 4.35. The summed E-state index contributed by atoms with van der Waals surface area (Å²) in [6.45, 7) is 2.89. The number of nitrogens with one attached hydrogen (secondary N) is 1. The Morgan fingerprint density at radius 1 is 1.12 bits per heavy atom. The minimum absolute atomic E-state index is 0.0413. The zero-order chi connectivity index (χ0) is 16.9. The van der Waals surface area contributed by atoms with Crippen molar-refractivity contribution in [3.8, 4) is 0 Å². The lowest BCUT2D eigenvalue weighted by Gasteiger charge is -2.29. The van der Waals surface area contributed by atoms with Gasteiger partial charge in [-0.3, -0.25) is 9.59 Å². The summed E-state index contributed by atoms with van der Waals surface area (Å²) < 4.78 is 0. The molecule has 3 rings (SSSR count). The topological polar surface area (TPSA) is 49.4 Å². The third-order valence-corrected chi connectivity index (χ3v) is 4.35. The molecule has 1 heterocycles. The number of ketones is 1. The Labute approximate surface area is 142 Å². The molecule has 2 aromatic rings. The number of Topliss-reactive ketones (excluding diaryl/α,β-unsaturated/α-hetero) is 1. The molecule has 1 N–H and O–H groups in total. The number of benzene rings is 2. The summed E-state index contributed by atoms with van der Waals surface area (Å²) in [6.07, 6.45) is 2.48. The van der Waals surface area contributed by atoms with Crippen molar-refractivity contribution in [3.05, 3.63) is 59.7 Å². The summed E-state index contributed by atoms with van der Waals surface area (Å²) in [5.74, 6) is 0.178. The van der Waals surface area contributed by atoms with Gasteiger partial charge in [-0.05, 0) is 43.5 Å². The molecule has 0 unspecified atom stereocenters. The first-order valence-electron chi connectivity index (χ1n) is 8.38. The number of rotatable bonds is 5. The van der Waals surface area contributed by atoms with E-state index in [1.807, 2.05) is 41.3 Å². The lowest BCUT2D eigenvalue weighted by atomic mass is 10.0. The standard InChI is InChI=1S/C20H22N2O2/c1-15(23)17-7-4-9-18(14-17)21-12-11-20(24)22-13-5-8-16-6-2-3-10-19(16)22/h2-4,6-7,9-10,14,21H,5,8,11-13H2,1H3. The smallest absolute Gasteiger partial charge is 0.228 e. The lowest BCUT2D eigenvalue weighted by Crippen LogP contribution is -2.36. The van der Waals surface area contributed by atoms with E-state index in [1.54, 1.807) is 13.0 Å². The van der Waals surface area contributed by atoms with Gasteiger partial charge in [0.2, 0.25) is 5.91 Å². The number of nitrogens with zero attached hydrogens (tertiary/aromatic N) is 1. The molecule has 0 saturated carbocycles. The monoisotopic (exact) mass is 322 g/mol. The summed E-state index contributed by atoms with van der Waals surface area (Å²) in [5, 5.41) is 3.23. The average Bonchev–Trinajstić information content (AvgIpc) is 2.61. The molecule has 1 aliphatic heterocycles. The van der Waals surface area contributed by atoms with Gasteiger partial charge in [0, 0.05) is 36.4 Å². The normalized spacial score (nSPS) is 13.3. The molecule has 4 nitrogen and oxygen atoms in total. The van der Waals surface area contributed by atoms with Crippen LogP contribution in [-0.4, -0.2) is 24.8 Å². The molecule has 1 amide bonds. The number of carbonyl (C=O) groups excluding carboxylic acids is 2. The SMILES string of the molecule is CC(=O)c1cccc(NCCC(=O)N2CCCc3ccccc32)c1. The van der Waals surface area contributed by atoms with E-state index in [4.69, 9.17) is 0 Å². The van der Waals surface area contributed by atoms with Crippen LogP contribution in [0, 0.1) is 0 Å². The number of amides is 1. The highest BCUT2D eigenvalue weighted by molar-refractivity contribution is 5.95. The number of anilines is 2. The third kappa shape index (κ3) is 3.65. The maximum Gasteiger partial charge on any atom is 0.228 e. The highest BCUT2D eigenvalue weighted by Crippen LogP contribution is 2.27. The summed E-state index contributed by atoms with van der Waals surface area (Å²) in [5.41, 5.74) is 3.84. The highest BCUT2D eigenvalue weighted by atomic mass is 16.2. The van der Waals surface area contributed by atoms with Gasteiger partial charge in [-0.1, -0.05) is 30.3 Å². The number of para-hydroxylation sites is 1. The second-order valence-corrected chi connectivity index (χ2v) is 6.09. The first-order chi connectivity index (χ1) is 11.6. The molecule has 24 heavy (non-hydrogen) atoms. The molecule has 2 aromatic carbocycles. The van der Waals surface area contributed by atoms with Crippen LogP contribution >= 0.6 is 0 Å². The van der Waals surface area contributed by atoms with Gasteiger partial charge in [0.1, 0.15) is 0 Å². The summed E-state index contributed by atoms with van der Waals surface area (Å²) in [6, 6.07) is 15.5. The van der Waals surface area contributed by atoms with Gasteiger partial charge in [-0.15, -0.1) is 0 Å². The molecule has 0 spiro atoms. The minimum Gasteiger partial charge on any atom is -0.385 e. The van der Waals surface area contributed by atoms with Gasteiger partial charge < -0.3 is 10.2 Å². The maximum absolute atomic E-state index is 12.6. The molecule has 124 valence electrons. The van der Waals surface area contributed by atoms with Crippen molar-refractivity contribution in [3.63, 3.8) is 0 Å². The lowest BCUT2D eigenvalue weighted by molar-refractivity contribution is -0.118. The van der Waals surface area contributed by atoms with Crippen molar-refractivity contribution in [2.45, 2.75) is 26.2 Å². The highest BCUT2D eigenvalue weighted by Gasteiger charge is 2.21. The Bertz CT molecular complexity index is 755. The van der Waals surface area contributed by atoms with Crippen LogP contribution in [0.1, 0.15) is 35.7 Å². The summed E-state index contributed by atoms with van der Waals surface area (Å²) >= 11 is 0. The molecule has 4 heteroatoms. The van der Waals surface area contributed by atoms with Crippen LogP contribution in [0.2, 0.25) is 0 Å². The Hall–Kier alpha value is -2.62. The number of hydrogen-bond acceptors (Lipinski definition) is 3. The Morgan fingerprint density at radius 3 is 2.79 bits per heavy atom. The molecule has 0 radical (unpaired) electrons. The maximum atomic E-state index is 12.6. The summed E-state index contributed by atoms with van der Waals surface area (Å²) in [7, 11) is 0. The number of fused-ring (bicyclic) bond motifs is 1. The molecule has 0 aliphatic carbocycles. The van der Waals surface area contributed by atoms with E-state index in [2.05, 4.69) is 11.4 Å². The Morgan fingerprint density at radius 2 is 1.96 bits per heavy atom. The van der Waals surface area contributed by atoms with Crippen LogP contribution in [0.4, 0.5) is 11.4 Å². The first-order valence-corrected chi connectivity index (χ1v) is 8.38. The van der Waals surface area contributed by atoms with Crippen molar-refractivity contribution in [1.29, 1.82) is 0 Å². The van der Waals surface area contributed by atoms with Crippen LogP contribution in [0.25, 0.3) is 0 Å². The van der Waals surface area contributed by atoms with Crippen LogP contribution in [-0.2, 0) is 11.2 Å². The van der Waals surface area contributed by atoms with Crippen molar-refractivity contribution < 1.29 is 9.59 Å². The fraction of sp³-hybridized carbons (Fsp3) is 0.300. The van der Waals surface area contributed by atoms with Gasteiger partial charge >= 0.3 is 0 Å². The van der Waals surface area contributed by atoms with Gasteiger partial charge in [0.25, 0.3) is 0 Å². The molecule has 0 saturated heterocycles. The van der Waals surface area contributed by atoms with E-state index in [0.29, 0.717) is 18.5 Å². The Kier molecular flexibility index (Phi) is 4.94. The van der Waals surface area contributed by atoms with Gasteiger partial charge in [0.05, 0.1) is 0 Å². The van der Waals surface area contributed by atoms with Gasteiger partial charge in [-0.2, -0.15) is 0 Å². The van der Waals surface area contributed by atoms with E-state index in [-0.39, 0.29) is 11.7 Å². The van der Waals surface area contributed by atoms with Crippen molar-refractivity contribution in [2.24, 2.45) is 0 Å². The van der Waals surface area contributed by atoms with E-state index in [0.717, 1.165) is 30.8 Å². The molecule has 0 fully saturated rings. The average molecular weight is 322 g/mol. The number of hydrogen-bond donors (Lipinski definition) is 1. The molecule has 0 aromatic heterocycles. The zero-order valence-electron chi connectivity index (χ0n) is 13.9. The number of carbonyl (C=O) groups is 2. The Balaban J connectivity index is 1.59. The van der Waals surface area contributed by atoms with E-state index < -0.39 is 0 Å². The predicted molar refractivity (Wildman–Crippen MR) is 96.7 cm³/mol. The predicted octanol–water partition coefficient (Wildman–Crippen LogP) is 3.67. The van der Waals surface area contributed by atoms with E-state index >= 15 is 0 Å². The quantitative estimate of drug-likeness (QED) is 0.855. The van der Waals surface area contributed by atoms with Gasteiger partial charge in [-0.25, -0.2) is 0 Å². The van der Waals surface area contributed by atoms with E-state index in [1.165, 1.54) is 5.56 Å². The molecular formula is C20H22N2O2. The molecule has 0 bridgehead atoms. The van der Waals surface area contributed by atoms with Crippen LogP contribution in [0.3, 0.4) is 0 Å². The van der Waals surface area contributed by atoms with Crippen LogP contribution in [0.15, 0.2) is 48.5 Å². The zero-order valence-corrected chi connectivity index (χ0v) is 13.9. The summed E-state index contributed by atoms with van der Waals surface area (Å²) in [4.78, 5) is 25.9. The number of aryl methyl sites for hydroxylation is 1. The minimum atomic E-state index is 0.0413. The largest absolute Gasteiger partial charge is 0.385 e. The van der Waals surface area contributed by atoms with Crippen molar-refractivity contribution >= 4 is 23.1 Å². The van der Waals surface area contributed by atoms with Gasteiger partial charge in [0.15, 0.2) is 5.78 Å².